The average Bonchev–Trinajstić information content (AvgIpc) is 2.99. The standard InChI is InChI=1S/C30H33Cl3N4O7S/c1-6-19(3)34-30(39)20(4)35(16-23-24(32)8-7-9-25(23)33)29(38)17-36(27-14-21(31)11-13-28(27)44-5)45(42,43)22-12-10-18(2)26(15-22)37(40)41/h7-15,19-20H,6,16-17H2,1-5H3,(H,34,39)/t19-,20+/m1/s1. The summed E-state index contributed by atoms with van der Waals surface area (Å²) < 4.78 is 34.6. The lowest BCUT2D eigenvalue weighted by Gasteiger charge is -2.33. The predicted octanol–water partition coefficient (Wildman–Crippen LogP) is 6.40. The van der Waals surface area contributed by atoms with Crippen molar-refractivity contribution >= 4 is 68.0 Å². The number of hydrogen-bond acceptors (Lipinski definition) is 7. The van der Waals surface area contributed by atoms with E-state index in [1.54, 1.807) is 18.2 Å². The van der Waals surface area contributed by atoms with Crippen LogP contribution in [0.1, 0.15) is 38.3 Å². The van der Waals surface area contributed by atoms with Crippen LogP contribution in [0.25, 0.3) is 0 Å². The lowest BCUT2D eigenvalue weighted by Crippen LogP contribution is -2.52. The summed E-state index contributed by atoms with van der Waals surface area (Å²) in [6.07, 6.45) is 0.631. The highest BCUT2D eigenvalue weighted by molar-refractivity contribution is 7.92. The summed E-state index contributed by atoms with van der Waals surface area (Å²) >= 11 is 19.1. The maximum atomic E-state index is 14.2. The number of anilines is 1. The molecule has 0 saturated carbocycles. The molecule has 2 amide bonds. The maximum Gasteiger partial charge on any atom is 0.273 e. The number of aryl methyl sites for hydroxylation is 1. The Balaban J connectivity index is 2.19. The SMILES string of the molecule is CC[C@@H](C)NC(=O)[C@H](C)N(Cc1c(Cl)cccc1Cl)C(=O)CN(c1cc(Cl)ccc1OC)S(=O)(=O)c1ccc(C)c([N+](=O)[O-])c1. The van der Waals surface area contributed by atoms with Crippen molar-refractivity contribution in [1.29, 1.82) is 0 Å². The van der Waals surface area contributed by atoms with Crippen LogP contribution in [0.3, 0.4) is 0 Å². The summed E-state index contributed by atoms with van der Waals surface area (Å²) in [6, 6.07) is 11.1. The number of nitro benzene ring substituents is 1. The molecule has 0 unspecified atom stereocenters. The second-order valence-electron chi connectivity index (χ2n) is 10.2. The molecule has 0 aliphatic rings. The molecule has 0 spiro atoms. The Hall–Kier alpha value is -3.58. The Labute approximate surface area is 277 Å². The molecule has 242 valence electrons. The number of amides is 2. The second-order valence-corrected chi connectivity index (χ2v) is 13.4. The second kappa shape index (κ2) is 15.1. The van der Waals surface area contributed by atoms with E-state index in [1.165, 1.54) is 56.2 Å². The Morgan fingerprint density at radius 3 is 2.27 bits per heavy atom. The lowest BCUT2D eigenvalue weighted by molar-refractivity contribution is -0.385. The number of carbonyl (C=O) groups is 2. The van der Waals surface area contributed by atoms with Gasteiger partial charge in [-0.15, -0.1) is 0 Å². The van der Waals surface area contributed by atoms with Crippen molar-refractivity contribution in [2.45, 2.75) is 57.6 Å². The van der Waals surface area contributed by atoms with Crippen molar-refractivity contribution < 1.29 is 27.7 Å². The molecule has 0 fully saturated rings. The Morgan fingerprint density at radius 2 is 1.69 bits per heavy atom. The van der Waals surface area contributed by atoms with Gasteiger partial charge in [-0.2, -0.15) is 0 Å². The number of ether oxygens (including phenoxy) is 1. The highest BCUT2D eigenvalue weighted by atomic mass is 35.5. The number of benzene rings is 3. The van der Waals surface area contributed by atoms with Crippen LogP contribution in [0.4, 0.5) is 11.4 Å². The molecule has 3 aromatic carbocycles. The first-order valence-electron chi connectivity index (χ1n) is 13.8. The maximum absolute atomic E-state index is 14.2. The molecule has 11 nitrogen and oxygen atoms in total. The highest BCUT2D eigenvalue weighted by Gasteiger charge is 2.35. The van der Waals surface area contributed by atoms with E-state index in [1.807, 2.05) is 13.8 Å². The van der Waals surface area contributed by atoms with Gasteiger partial charge in [0.1, 0.15) is 18.3 Å². The van der Waals surface area contributed by atoms with Crippen LogP contribution in [-0.2, 0) is 26.2 Å². The van der Waals surface area contributed by atoms with Crippen molar-refractivity contribution in [3.8, 4) is 5.75 Å². The molecule has 3 rings (SSSR count). The van der Waals surface area contributed by atoms with Crippen molar-refractivity contribution in [2.75, 3.05) is 18.0 Å². The van der Waals surface area contributed by atoms with Gasteiger partial charge in [-0.3, -0.25) is 24.0 Å². The van der Waals surface area contributed by atoms with E-state index in [4.69, 9.17) is 39.5 Å². The number of halogens is 3. The number of nitro groups is 1. The molecule has 3 aromatic rings. The first kappa shape index (κ1) is 35.9. The third-order valence-electron chi connectivity index (χ3n) is 7.21. The van der Waals surface area contributed by atoms with Crippen molar-refractivity contribution in [3.05, 3.63) is 90.9 Å². The highest BCUT2D eigenvalue weighted by Crippen LogP contribution is 2.36. The topological polar surface area (TPSA) is 139 Å². The van der Waals surface area contributed by atoms with Gasteiger partial charge in [0.15, 0.2) is 0 Å². The monoisotopic (exact) mass is 698 g/mol. The molecule has 1 N–H and O–H groups in total. The van der Waals surface area contributed by atoms with Gasteiger partial charge in [0.05, 0.1) is 22.6 Å². The third kappa shape index (κ3) is 8.37. The van der Waals surface area contributed by atoms with E-state index < -0.39 is 49.9 Å². The number of rotatable bonds is 13. The lowest BCUT2D eigenvalue weighted by atomic mass is 10.1. The van der Waals surface area contributed by atoms with Crippen molar-refractivity contribution in [1.82, 2.24) is 10.2 Å². The van der Waals surface area contributed by atoms with E-state index in [9.17, 15) is 28.1 Å². The average molecular weight is 700 g/mol. The fraction of sp³-hybridized carbons (Fsp3) is 0.333. The summed E-state index contributed by atoms with van der Waals surface area (Å²) in [4.78, 5) is 39.2. The van der Waals surface area contributed by atoms with Gasteiger partial charge in [0.2, 0.25) is 11.8 Å². The molecule has 0 heterocycles. The molecular weight excluding hydrogens is 667 g/mol. The fourth-order valence-electron chi connectivity index (χ4n) is 4.35. The van der Waals surface area contributed by atoms with Crippen LogP contribution >= 0.6 is 34.8 Å². The first-order chi connectivity index (χ1) is 21.1. The minimum absolute atomic E-state index is 0.0562. The summed E-state index contributed by atoms with van der Waals surface area (Å²) in [6.45, 7) is 5.59. The number of carbonyl (C=O) groups excluding carboxylic acids is 2. The molecule has 2 atom stereocenters. The molecule has 0 aromatic heterocycles. The van der Waals surface area contributed by atoms with Crippen molar-refractivity contribution in [3.63, 3.8) is 0 Å². The van der Waals surface area contributed by atoms with Crippen LogP contribution in [0, 0.1) is 17.0 Å². The van der Waals surface area contributed by atoms with E-state index in [0.29, 0.717) is 12.0 Å². The van der Waals surface area contributed by atoms with Crippen LogP contribution in [0.15, 0.2) is 59.5 Å². The van der Waals surface area contributed by atoms with Gasteiger partial charge in [-0.25, -0.2) is 8.42 Å². The number of nitrogens with one attached hydrogen (secondary N) is 1. The molecular formula is C30H33Cl3N4O7S. The Bertz CT molecular complexity index is 1680. The molecule has 0 aliphatic carbocycles. The quantitative estimate of drug-likeness (QED) is 0.161. The van der Waals surface area contributed by atoms with Gasteiger partial charge >= 0.3 is 0 Å². The summed E-state index contributed by atoms with van der Waals surface area (Å²) in [5, 5.41) is 15.1. The fourth-order valence-corrected chi connectivity index (χ4v) is 6.47. The Kier molecular flexibility index (Phi) is 12.1. The Morgan fingerprint density at radius 1 is 1.04 bits per heavy atom. The molecule has 15 heteroatoms. The van der Waals surface area contributed by atoms with Crippen LogP contribution in [-0.4, -0.2) is 55.8 Å². The van der Waals surface area contributed by atoms with E-state index in [-0.39, 0.29) is 44.7 Å². The van der Waals surface area contributed by atoms with Crippen LogP contribution in [0.2, 0.25) is 15.1 Å². The summed E-state index contributed by atoms with van der Waals surface area (Å²) in [5.74, 6) is -1.23. The molecule has 0 radical (unpaired) electrons. The largest absolute Gasteiger partial charge is 0.495 e. The smallest absolute Gasteiger partial charge is 0.273 e. The van der Waals surface area contributed by atoms with Crippen molar-refractivity contribution in [2.24, 2.45) is 0 Å². The molecule has 0 aliphatic heterocycles. The van der Waals surface area contributed by atoms with E-state index >= 15 is 0 Å². The van der Waals surface area contributed by atoms with Gasteiger partial charge in [0, 0.05) is 44.8 Å². The molecule has 45 heavy (non-hydrogen) atoms. The summed E-state index contributed by atoms with van der Waals surface area (Å²) in [7, 11) is -3.36. The first-order valence-corrected chi connectivity index (χ1v) is 16.3. The van der Waals surface area contributed by atoms with E-state index in [0.717, 1.165) is 10.4 Å². The van der Waals surface area contributed by atoms with Crippen LogP contribution in [0.5, 0.6) is 5.75 Å². The normalized spacial score (nSPS) is 12.6. The van der Waals surface area contributed by atoms with Gasteiger partial charge in [-0.1, -0.05) is 53.9 Å². The van der Waals surface area contributed by atoms with Gasteiger partial charge in [-0.05, 0) is 63.6 Å². The number of hydrogen-bond donors (Lipinski definition) is 1. The minimum Gasteiger partial charge on any atom is -0.495 e. The molecule has 0 saturated heterocycles. The zero-order chi connectivity index (χ0) is 33.6. The zero-order valence-corrected chi connectivity index (χ0v) is 28.3. The third-order valence-corrected chi connectivity index (χ3v) is 9.91. The van der Waals surface area contributed by atoms with Gasteiger partial charge < -0.3 is 15.0 Å². The number of sulfonamides is 1. The zero-order valence-electron chi connectivity index (χ0n) is 25.2. The minimum atomic E-state index is -4.67. The number of nitrogens with zero attached hydrogens (tertiary/aromatic N) is 3. The van der Waals surface area contributed by atoms with Gasteiger partial charge in [0.25, 0.3) is 15.7 Å². The number of methoxy groups -OCH3 is 1. The molecule has 0 bridgehead atoms. The summed E-state index contributed by atoms with van der Waals surface area (Å²) in [5.41, 5.74) is 0.0619. The van der Waals surface area contributed by atoms with E-state index in [2.05, 4.69) is 5.32 Å². The predicted molar refractivity (Wildman–Crippen MR) is 175 cm³/mol. The van der Waals surface area contributed by atoms with Crippen LogP contribution < -0.4 is 14.4 Å².